The zero-order valence-corrected chi connectivity index (χ0v) is 16.5. The minimum atomic E-state index is 0.0981. The average molecular weight is 357 g/mol. The zero-order valence-electron chi connectivity index (χ0n) is 16.5. The first-order chi connectivity index (χ1) is 12.7. The van der Waals surface area contributed by atoms with Crippen LogP contribution in [0.15, 0.2) is 41.7 Å². The Hall–Kier alpha value is -2.37. The minimum absolute atomic E-state index is 0.0981. The molecule has 0 amide bonds. The standard InChI is InChI=1S/C20H32N6/c1-5-20(6-2,17-12-10-9-11-13-17)15-23-19(21-7-3)22-14-18-25-24-16-26(18)8-4/h9-13,16H,5-8,14-15H2,1-4H3,(H2,21,22,23). The molecule has 0 fully saturated rings. The van der Waals surface area contributed by atoms with Gasteiger partial charge in [-0.15, -0.1) is 10.2 Å². The number of guanidine groups is 1. The molecule has 0 unspecified atom stereocenters. The molecule has 0 spiro atoms. The van der Waals surface area contributed by atoms with Crippen LogP contribution in [0.1, 0.15) is 51.9 Å². The van der Waals surface area contributed by atoms with Crippen molar-refractivity contribution in [1.29, 1.82) is 0 Å². The fourth-order valence-electron chi connectivity index (χ4n) is 3.21. The highest BCUT2D eigenvalue weighted by molar-refractivity contribution is 5.79. The van der Waals surface area contributed by atoms with Crippen molar-refractivity contribution in [3.63, 3.8) is 0 Å². The normalized spacial score (nSPS) is 12.2. The molecule has 2 N–H and O–H groups in total. The molecule has 2 rings (SSSR count). The van der Waals surface area contributed by atoms with Crippen LogP contribution in [0.3, 0.4) is 0 Å². The van der Waals surface area contributed by atoms with Gasteiger partial charge in [-0.05, 0) is 32.3 Å². The number of nitrogens with zero attached hydrogens (tertiary/aromatic N) is 4. The summed E-state index contributed by atoms with van der Waals surface area (Å²) in [4.78, 5) is 4.70. The van der Waals surface area contributed by atoms with Gasteiger partial charge in [-0.25, -0.2) is 4.99 Å². The lowest BCUT2D eigenvalue weighted by molar-refractivity contribution is 0.389. The van der Waals surface area contributed by atoms with Crippen LogP contribution < -0.4 is 10.6 Å². The lowest BCUT2D eigenvalue weighted by Crippen LogP contribution is -2.45. The van der Waals surface area contributed by atoms with E-state index >= 15 is 0 Å². The van der Waals surface area contributed by atoms with Gasteiger partial charge in [-0.2, -0.15) is 0 Å². The number of rotatable bonds is 9. The summed E-state index contributed by atoms with van der Waals surface area (Å²) < 4.78 is 2.01. The minimum Gasteiger partial charge on any atom is -0.357 e. The van der Waals surface area contributed by atoms with Crippen molar-refractivity contribution in [2.75, 3.05) is 13.1 Å². The summed E-state index contributed by atoms with van der Waals surface area (Å²) in [5, 5.41) is 15.0. The predicted molar refractivity (Wildman–Crippen MR) is 107 cm³/mol. The molecular formula is C20H32N6. The smallest absolute Gasteiger partial charge is 0.191 e. The molecule has 0 saturated heterocycles. The predicted octanol–water partition coefficient (Wildman–Crippen LogP) is 3.11. The Morgan fingerprint density at radius 2 is 1.81 bits per heavy atom. The van der Waals surface area contributed by atoms with E-state index in [1.54, 1.807) is 6.33 Å². The van der Waals surface area contributed by atoms with Gasteiger partial charge in [0.2, 0.25) is 0 Å². The molecule has 0 radical (unpaired) electrons. The highest BCUT2D eigenvalue weighted by Gasteiger charge is 2.28. The van der Waals surface area contributed by atoms with E-state index in [1.165, 1.54) is 5.56 Å². The maximum atomic E-state index is 4.70. The Morgan fingerprint density at radius 1 is 1.08 bits per heavy atom. The second kappa shape index (κ2) is 9.94. The van der Waals surface area contributed by atoms with Crippen molar-refractivity contribution in [2.45, 2.75) is 59.0 Å². The van der Waals surface area contributed by atoms with Gasteiger partial charge in [0.05, 0.1) is 0 Å². The molecule has 1 aromatic heterocycles. The summed E-state index contributed by atoms with van der Waals surface area (Å²) in [5.41, 5.74) is 1.47. The Balaban J connectivity index is 2.11. The molecule has 0 bridgehead atoms. The van der Waals surface area contributed by atoms with Crippen molar-refractivity contribution in [2.24, 2.45) is 4.99 Å². The van der Waals surface area contributed by atoms with Crippen LogP contribution in [0, 0.1) is 0 Å². The van der Waals surface area contributed by atoms with E-state index in [4.69, 9.17) is 4.99 Å². The molecule has 2 aromatic rings. The molecule has 0 aliphatic heterocycles. The third kappa shape index (κ3) is 4.84. The SMILES string of the molecule is CCNC(=NCc1nncn1CC)NCC(CC)(CC)c1ccccc1. The zero-order chi connectivity index (χ0) is 18.8. The van der Waals surface area contributed by atoms with Crippen LogP contribution in [0.2, 0.25) is 0 Å². The summed E-state index contributed by atoms with van der Waals surface area (Å²) in [6, 6.07) is 10.8. The van der Waals surface area contributed by atoms with Gasteiger partial charge < -0.3 is 15.2 Å². The van der Waals surface area contributed by atoms with Gasteiger partial charge in [-0.3, -0.25) is 0 Å². The van der Waals surface area contributed by atoms with Crippen LogP contribution in [0.4, 0.5) is 0 Å². The van der Waals surface area contributed by atoms with E-state index in [2.05, 4.69) is 78.9 Å². The van der Waals surface area contributed by atoms with Crippen LogP contribution in [0.5, 0.6) is 0 Å². The summed E-state index contributed by atoms with van der Waals surface area (Å²) >= 11 is 0. The topological polar surface area (TPSA) is 67.1 Å². The molecule has 1 aromatic carbocycles. The highest BCUT2D eigenvalue weighted by Crippen LogP contribution is 2.30. The molecular weight excluding hydrogens is 324 g/mol. The van der Waals surface area contributed by atoms with Crippen molar-refractivity contribution >= 4 is 5.96 Å². The summed E-state index contributed by atoms with van der Waals surface area (Å²) in [7, 11) is 0. The first kappa shape index (κ1) is 19.9. The Bertz CT molecular complexity index is 673. The molecule has 0 saturated carbocycles. The molecule has 0 aliphatic carbocycles. The van der Waals surface area contributed by atoms with Crippen LogP contribution in [-0.2, 0) is 18.5 Å². The second-order valence-electron chi connectivity index (χ2n) is 6.44. The lowest BCUT2D eigenvalue weighted by Gasteiger charge is -2.33. The Labute approximate surface area is 157 Å². The number of hydrogen-bond donors (Lipinski definition) is 2. The fourth-order valence-corrected chi connectivity index (χ4v) is 3.21. The van der Waals surface area contributed by atoms with Crippen molar-refractivity contribution < 1.29 is 0 Å². The van der Waals surface area contributed by atoms with Crippen molar-refractivity contribution in [3.8, 4) is 0 Å². The highest BCUT2D eigenvalue weighted by atomic mass is 15.3. The van der Waals surface area contributed by atoms with E-state index in [0.29, 0.717) is 6.54 Å². The monoisotopic (exact) mass is 356 g/mol. The van der Waals surface area contributed by atoms with Gasteiger partial charge in [0.15, 0.2) is 11.8 Å². The van der Waals surface area contributed by atoms with Gasteiger partial charge in [0.1, 0.15) is 12.9 Å². The maximum Gasteiger partial charge on any atom is 0.191 e. The maximum absolute atomic E-state index is 4.70. The van der Waals surface area contributed by atoms with E-state index in [1.807, 2.05) is 4.57 Å². The number of benzene rings is 1. The van der Waals surface area contributed by atoms with Gasteiger partial charge in [-0.1, -0.05) is 44.2 Å². The first-order valence-electron chi connectivity index (χ1n) is 9.63. The van der Waals surface area contributed by atoms with Gasteiger partial charge >= 0.3 is 0 Å². The van der Waals surface area contributed by atoms with Crippen LogP contribution in [-0.4, -0.2) is 33.8 Å². The summed E-state index contributed by atoms with van der Waals surface area (Å²) in [5.74, 6) is 1.70. The van der Waals surface area contributed by atoms with Crippen LogP contribution >= 0.6 is 0 Å². The molecule has 0 atom stereocenters. The third-order valence-corrected chi connectivity index (χ3v) is 5.09. The van der Waals surface area contributed by atoms with Crippen molar-refractivity contribution in [1.82, 2.24) is 25.4 Å². The number of hydrogen-bond acceptors (Lipinski definition) is 3. The summed E-state index contributed by atoms with van der Waals surface area (Å²) in [6.45, 7) is 11.7. The largest absolute Gasteiger partial charge is 0.357 e. The third-order valence-electron chi connectivity index (χ3n) is 5.09. The van der Waals surface area contributed by atoms with Crippen LogP contribution in [0.25, 0.3) is 0 Å². The Morgan fingerprint density at radius 3 is 2.42 bits per heavy atom. The Kier molecular flexibility index (Phi) is 7.63. The van der Waals surface area contributed by atoms with Gasteiger partial charge in [0.25, 0.3) is 0 Å². The fraction of sp³-hybridized carbons (Fsp3) is 0.550. The quantitative estimate of drug-likeness (QED) is 0.535. The summed E-state index contributed by atoms with van der Waals surface area (Å²) in [6.07, 6.45) is 3.90. The molecule has 6 nitrogen and oxygen atoms in total. The van der Waals surface area contributed by atoms with E-state index in [-0.39, 0.29) is 5.41 Å². The van der Waals surface area contributed by atoms with Gasteiger partial charge in [0, 0.05) is 25.0 Å². The molecule has 6 heteroatoms. The molecule has 1 heterocycles. The lowest BCUT2D eigenvalue weighted by atomic mass is 9.76. The average Bonchev–Trinajstić information content (AvgIpc) is 3.15. The number of aliphatic imine (C=N–C) groups is 1. The molecule has 26 heavy (non-hydrogen) atoms. The van der Waals surface area contributed by atoms with Crippen molar-refractivity contribution in [3.05, 3.63) is 48.0 Å². The second-order valence-corrected chi connectivity index (χ2v) is 6.44. The number of aromatic nitrogens is 3. The first-order valence-corrected chi connectivity index (χ1v) is 9.63. The molecule has 142 valence electrons. The number of aryl methyl sites for hydroxylation is 1. The van der Waals surface area contributed by atoms with E-state index < -0.39 is 0 Å². The van der Waals surface area contributed by atoms with E-state index in [9.17, 15) is 0 Å². The van der Waals surface area contributed by atoms with E-state index in [0.717, 1.165) is 44.3 Å². The molecule has 0 aliphatic rings. The number of nitrogens with one attached hydrogen (secondary N) is 2.